The van der Waals surface area contributed by atoms with E-state index in [1.165, 1.54) is 25.0 Å². The van der Waals surface area contributed by atoms with Crippen LogP contribution in [-0.4, -0.2) is 9.97 Å². The van der Waals surface area contributed by atoms with Crippen LogP contribution in [0.1, 0.15) is 42.4 Å². The fourth-order valence-electron chi connectivity index (χ4n) is 1.64. The van der Waals surface area contributed by atoms with Gasteiger partial charge in [0.1, 0.15) is 5.82 Å². The summed E-state index contributed by atoms with van der Waals surface area (Å²) < 4.78 is 0. The molecule has 1 aromatic heterocycles. The van der Waals surface area contributed by atoms with Crippen molar-refractivity contribution in [1.29, 1.82) is 0 Å². The normalized spacial score (nSPS) is 17.1. The van der Waals surface area contributed by atoms with Crippen LogP contribution in [0.15, 0.2) is 6.07 Å². The maximum absolute atomic E-state index is 4.49. The molecule has 1 heterocycles. The molecule has 1 aliphatic carbocycles. The lowest BCUT2D eigenvalue weighted by Crippen LogP contribution is -2.12. The van der Waals surface area contributed by atoms with Crippen LogP contribution in [0.4, 0.5) is 0 Å². The predicted octanol–water partition coefficient (Wildman–Crippen LogP) is 2.48. The van der Waals surface area contributed by atoms with E-state index in [2.05, 4.69) is 28.7 Å². The van der Waals surface area contributed by atoms with E-state index in [4.69, 9.17) is 0 Å². The van der Waals surface area contributed by atoms with Gasteiger partial charge in [-0.05, 0) is 25.8 Å². The molecule has 1 aromatic rings. The molecule has 0 radical (unpaired) electrons. The van der Waals surface area contributed by atoms with Crippen molar-refractivity contribution in [2.45, 2.75) is 37.9 Å². The Balaban J connectivity index is 2.28. The minimum atomic E-state index is 0.640. The third-order valence-electron chi connectivity index (χ3n) is 2.59. The fraction of sp³-hybridized carbons (Fsp3) is 0.600. The zero-order chi connectivity index (χ0) is 9.26. The largest absolute Gasteiger partial charge is 0.237 e. The molecule has 0 N–H and O–H groups in total. The van der Waals surface area contributed by atoms with Crippen molar-refractivity contribution < 1.29 is 0 Å². The number of thiol groups is 1. The second kappa shape index (κ2) is 3.66. The number of aromatic nitrogens is 2. The first-order valence-corrected chi connectivity index (χ1v) is 5.38. The molecule has 2 nitrogen and oxygen atoms in total. The minimum absolute atomic E-state index is 0.640. The number of hydrogen-bond acceptors (Lipinski definition) is 3. The monoisotopic (exact) mass is 194 g/mol. The van der Waals surface area contributed by atoms with Gasteiger partial charge < -0.3 is 0 Å². The number of aryl methyl sites for hydroxylation is 1. The van der Waals surface area contributed by atoms with Gasteiger partial charge in [-0.3, -0.25) is 0 Å². The SMILES string of the molecule is Cc1cc(C2CCC2)nc(CS)n1. The van der Waals surface area contributed by atoms with Crippen molar-refractivity contribution in [1.82, 2.24) is 9.97 Å². The molecule has 0 unspecified atom stereocenters. The van der Waals surface area contributed by atoms with Crippen molar-refractivity contribution in [3.05, 3.63) is 23.3 Å². The van der Waals surface area contributed by atoms with Crippen LogP contribution < -0.4 is 0 Å². The molecule has 0 saturated heterocycles. The third-order valence-corrected chi connectivity index (χ3v) is 2.87. The summed E-state index contributed by atoms with van der Waals surface area (Å²) in [5, 5.41) is 0. The van der Waals surface area contributed by atoms with Crippen LogP contribution in [0.25, 0.3) is 0 Å². The van der Waals surface area contributed by atoms with Crippen LogP contribution in [0.5, 0.6) is 0 Å². The summed E-state index contributed by atoms with van der Waals surface area (Å²) in [6, 6.07) is 2.11. The first kappa shape index (κ1) is 9.00. The summed E-state index contributed by atoms with van der Waals surface area (Å²) in [6.45, 7) is 2.02. The first-order chi connectivity index (χ1) is 6.29. The van der Waals surface area contributed by atoms with Gasteiger partial charge in [0.2, 0.25) is 0 Å². The Morgan fingerprint density at radius 2 is 2.23 bits per heavy atom. The van der Waals surface area contributed by atoms with E-state index in [0.717, 1.165) is 11.5 Å². The van der Waals surface area contributed by atoms with E-state index in [9.17, 15) is 0 Å². The van der Waals surface area contributed by atoms with Crippen LogP contribution in [-0.2, 0) is 5.75 Å². The lowest BCUT2D eigenvalue weighted by molar-refractivity contribution is 0.409. The van der Waals surface area contributed by atoms with Gasteiger partial charge >= 0.3 is 0 Å². The molecular formula is C10H14N2S. The van der Waals surface area contributed by atoms with Gasteiger partial charge in [-0.1, -0.05) is 6.42 Å². The second-order valence-corrected chi connectivity index (χ2v) is 3.95. The summed E-state index contributed by atoms with van der Waals surface area (Å²) in [5.41, 5.74) is 2.30. The summed E-state index contributed by atoms with van der Waals surface area (Å²) >= 11 is 4.20. The molecule has 0 amide bonds. The van der Waals surface area contributed by atoms with Gasteiger partial charge in [0.25, 0.3) is 0 Å². The van der Waals surface area contributed by atoms with Crippen molar-refractivity contribution in [3.63, 3.8) is 0 Å². The molecule has 13 heavy (non-hydrogen) atoms. The molecule has 1 aliphatic rings. The van der Waals surface area contributed by atoms with Crippen LogP contribution >= 0.6 is 12.6 Å². The Morgan fingerprint density at radius 3 is 2.77 bits per heavy atom. The van der Waals surface area contributed by atoms with Gasteiger partial charge in [-0.2, -0.15) is 12.6 Å². The van der Waals surface area contributed by atoms with E-state index in [1.807, 2.05) is 6.92 Å². The molecule has 0 aromatic carbocycles. The van der Waals surface area contributed by atoms with E-state index in [0.29, 0.717) is 11.7 Å². The Morgan fingerprint density at radius 1 is 1.46 bits per heavy atom. The smallest absolute Gasteiger partial charge is 0.138 e. The Bertz CT molecular complexity index is 308. The highest BCUT2D eigenvalue weighted by Crippen LogP contribution is 2.35. The summed E-state index contributed by atoms with van der Waals surface area (Å²) in [4.78, 5) is 8.79. The number of rotatable bonds is 2. The summed E-state index contributed by atoms with van der Waals surface area (Å²) in [6.07, 6.45) is 3.94. The average Bonchev–Trinajstić information content (AvgIpc) is 2.00. The Labute approximate surface area is 84.2 Å². The summed E-state index contributed by atoms with van der Waals surface area (Å²) in [5.74, 6) is 2.20. The Kier molecular flexibility index (Phi) is 2.54. The standard InChI is InChI=1S/C10H14N2S/c1-7-5-9(8-3-2-4-8)12-10(6-13)11-7/h5,8,13H,2-4,6H2,1H3. The molecular weight excluding hydrogens is 180 g/mol. The van der Waals surface area contributed by atoms with E-state index < -0.39 is 0 Å². The van der Waals surface area contributed by atoms with Crippen LogP contribution in [0, 0.1) is 6.92 Å². The van der Waals surface area contributed by atoms with Gasteiger partial charge in [0, 0.05) is 17.3 Å². The molecule has 0 bridgehead atoms. The van der Waals surface area contributed by atoms with E-state index in [-0.39, 0.29) is 0 Å². The van der Waals surface area contributed by atoms with Gasteiger partial charge in [-0.25, -0.2) is 9.97 Å². The topological polar surface area (TPSA) is 25.8 Å². The zero-order valence-electron chi connectivity index (χ0n) is 7.82. The molecule has 2 rings (SSSR count). The lowest BCUT2D eigenvalue weighted by Gasteiger charge is -2.25. The highest BCUT2D eigenvalue weighted by Gasteiger charge is 2.21. The van der Waals surface area contributed by atoms with Crippen LogP contribution in [0.2, 0.25) is 0 Å². The minimum Gasteiger partial charge on any atom is -0.237 e. The van der Waals surface area contributed by atoms with Crippen molar-refractivity contribution >= 4 is 12.6 Å². The molecule has 1 fully saturated rings. The molecule has 3 heteroatoms. The molecule has 0 spiro atoms. The second-order valence-electron chi connectivity index (χ2n) is 3.64. The average molecular weight is 194 g/mol. The van der Waals surface area contributed by atoms with Crippen molar-refractivity contribution in [2.24, 2.45) is 0 Å². The number of hydrogen-bond donors (Lipinski definition) is 1. The van der Waals surface area contributed by atoms with Crippen molar-refractivity contribution in [3.8, 4) is 0 Å². The fourth-order valence-corrected chi connectivity index (χ4v) is 1.78. The van der Waals surface area contributed by atoms with Gasteiger partial charge in [0.15, 0.2) is 0 Å². The van der Waals surface area contributed by atoms with E-state index >= 15 is 0 Å². The number of nitrogens with zero attached hydrogens (tertiary/aromatic N) is 2. The first-order valence-electron chi connectivity index (χ1n) is 4.75. The molecule has 70 valence electrons. The zero-order valence-corrected chi connectivity index (χ0v) is 8.72. The maximum Gasteiger partial charge on any atom is 0.138 e. The highest BCUT2D eigenvalue weighted by molar-refractivity contribution is 7.79. The lowest BCUT2D eigenvalue weighted by atomic mass is 9.82. The van der Waals surface area contributed by atoms with Crippen LogP contribution in [0.3, 0.4) is 0 Å². The molecule has 0 atom stereocenters. The molecule has 1 saturated carbocycles. The predicted molar refractivity (Wildman–Crippen MR) is 56.1 cm³/mol. The summed E-state index contributed by atoms with van der Waals surface area (Å²) in [7, 11) is 0. The molecule has 0 aliphatic heterocycles. The maximum atomic E-state index is 4.49. The van der Waals surface area contributed by atoms with Gasteiger partial charge in [0.05, 0.1) is 5.75 Å². The van der Waals surface area contributed by atoms with E-state index in [1.54, 1.807) is 0 Å². The third kappa shape index (κ3) is 1.85. The van der Waals surface area contributed by atoms with Gasteiger partial charge in [-0.15, -0.1) is 0 Å². The highest BCUT2D eigenvalue weighted by atomic mass is 32.1. The quantitative estimate of drug-likeness (QED) is 0.732. The Hall–Kier alpha value is -0.570. The van der Waals surface area contributed by atoms with Crippen molar-refractivity contribution in [2.75, 3.05) is 0 Å².